The summed E-state index contributed by atoms with van der Waals surface area (Å²) in [6.07, 6.45) is 1.77. The second kappa shape index (κ2) is 12.9. The molecule has 1 saturated heterocycles. The Morgan fingerprint density at radius 1 is 1.11 bits per heavy atom. The van der Waals surface area contributed by atoms with E-state index in [-0.39, 0.29) is 0 Å². The molecule has 196 valence electrons. The Balaban J connectivity index is 1.44. The van der Waals surface area contributed by atoms with Gasteiger partial charge in [-0.3, -0.25) is 9.80 Å². The van der Waals surface area contributed by atoms with Crippen molar-refractivity contribution in [1.82, 2.24) is 19.8 Å². The first kappa shape index (κ1) is 26.2. The van der Waals surface area contributed by atoms with Crippen LogP contribution < -0.4 is 19.7 Å². The summed E-state index contributed by atoms with van der Waals surface area (Å²) in [4.78, 5) is 26.4. The van der Waals surface area contributed by atoms with Gasteiger partial charge in [-0.15, -0.1) is 0 Å². The summed E-state index contributed by atoms with van der Waals surface area (Å²) in [6.45, 7) is 6.00. The SMILES string of the molecule is COc1cc(NC[C@@H](c2ccccc2)N(C(=O)O)c2ccncn2)ccc1OCCN1CCN(C)CC1. The minimum atomic E-state index is -1.10. The number of nitrogens with zero attached hydrogens (tertiary/aromatic N) is 5. The lowest BCUT2D eigenvalue weighted by molar-refractivity contribution is 0.133. The van der Waals surface area contributed by atoms with Crippen molar-refractivity contribution in [2.75, 3.05) is 70.2 Å². The van der Waals surface area contributed by atoms with Crippen LogP contribution in [0.25, 0.3) is 0 Å². The van der Waals surface area contributed by atoms with Gasteiger partial charge in [0.25, 0.3) is 0 Å². The molecule has 1 aliphatic heterocycles. The first-order valence-corrected chi connectivity index (χ1v) is 12.3. The van der Waals surface area contributed by atoms with Crippen molar-refractivity contribution in [3.8, 4) is 11.5 Å². The van der Waals surface area contributed by atoms with Crippen LogP contribution in [-0.2, 0) is 0 Å². The zero-order valence-corrected chi connectivity index (χ0v) is 21.3. The molecule has 1 aromatic heterocycles. The highest BCUT2D eigenvalue weighted by atomic mass is 16.5. The highest BCUT2D eigenvalue weighted by molar-refractivity contribution is 5.85. The van der Waals surface area contributed by atoms with E-state index in [2.05, 4.69) is 32.1 Å². The van der Waals surface area contributed by atoms with Gasteiger partial charge in [-0.2, -0.15) is 0 Å². The number of aromatic nitrogens is 2. The molecule has 0 saturated carbocycles. The fourth-order valence-electron chi connectivity index (χ4n) is 4.32. The first-order chi connectivity index (χ1) is 18.0. The molecule has 1 atom stereocenters. The van der Waals surface area contributed by atoms with Crippen molar-refractivity contribution >= 4 is 17.6 Å². The van der Waals surface area contributed by atoms with Crippen LogP contribution in [0.1, 0.15) is 11.6 Å². The van der Waals surface area contributed by atoms with Crippen molar-refractivity contribution in [3.05, 3.63) is 72.7 Å². The van der Waals surface area contributed by atoms with Crippen molar-refractivity contribution in [2.24, 2.45) is 0 Å². The molecular weight excluding hydrogens is 472 g/mol. The normalized spacial score (nSPS) is 15.1. The number of methoxy groups -OCH3 is 1. The van der Waals surface area contributed by atoms with E-state index in [0.29, 0.717) is 30.5 Å². The summed E-state index contributed by atoms with van der Waals surface area (Å²) in [5.41, 5.74) is 1.63. The molecule has 1 aliphatic rings. The number of piperazine rings is 1. The van der Waals surface area contributed by atoms with Crippen LogP contribution >= 0.6 is 0 Å². The molecule has 0 aliphatic carbocycles. The molecular formula is C27H34N6O4. The standard InChI is InChI=1S/C27H34N6O4/c1-31-12-14-32(15-13-31)16-17-37-24-9-8-22(18-25(24)36-2)29-19-23(21-6-4-3-5-7-21)33(27(34)35)26-10-11-28-20-30-26/h3-11,18,20,23,29H,12-17,19H2,1-2H3,(H,34,35)/t23-/m0/s1. The van der Waals surface area contributed by atoms with E-state index in [1.54, 1.807) is 13.2 Å². The molecule has 2 heterocycles. The van der Waals surface area contributed by atoms with E-state index in [4.69, 9.17) is 9.47 Å². The number of hydrogen-bond donors (Lipinski definition) is 2. The molecule has 2 N–H and O–H groups in total. The van der Waals surface area contributed by atoms with Crippen LogP contribution in [-0.4, -0.2) is 91.0 Å². The second-order valence-electron chi connectivity index (χ2n) is 8.89. The Kier molecular flexibility index (Phi) is 9.12. The van der Waals surface area contributed by atoms with Gasteiger partial charge in [-0.1, -0.05) is 30.3 Å². The van der Waals surface area contributed by atoms with Gasteiger partial charge in [0.1, 0.15) is 18.8 Å². The Hall–Kier alpha value is -3.89. The number of rotatable bonds is 11. The van der Waals surface area contributed by atoms with E-state index >= 15 is 0 Å². The Morgan fingerprint density at radius 3 is 2.57 bits per heavy atom. The average Bonchev–Trinajstić information content (AvgIpc) is 2.93. The molecule has 0 bridgehead atoms. The van der Waals surface area contributed by atoms with Crippen molar-refractivity contribution < 1.29 is 19.4 Å². The van der Waals surface area contributed by atoms with Gasteiger partial charge >= 0.3 is 6.09 Å². The van der Waals surface area contributed by atoms with E-state index < -0.39 is 12.1 Å². The minimum Gasteiger partial charge on any atom is -0.493 e. The first-order valence-electron chi connectivity index (χ1n) is 12.3. The number of carboxylic acid groups (broad SMARTS) is 1. The van der Waals surface area contributed by atoms with Crippen LogP contribution in [0.15, 0.2) is 67.1 Å². The maximum absolute atomic E-state index is 12.3. The van der Waals surface area contributed by atoms with Gasteiger partial charge in [0.05, 0.1) is 13.2 Å². The lowest BCUT2D eigenvalue weighted by Gasteiger charge is -2.32. The molecule has 3 aromatic rings. The summed E-state index contributed by atoms with van der Waals surface area (Å²) >= 11 is 0. The number of nitrogens with one attached hydrogen (secondary N) is 1. The predicted molar refractivity (Wildman–Crippen MR) is 143 cm³/mol. The van der Waals surface area contributed by atoms with Crippen LogP contribution in [0, 0.1) is 0 Å². The quantitative estimate of drug-likeness (QED) is 0.405. The number of ether oxygens (including phenoxy) is 2. The van der Waals surface area contributed by atoms with E-state index in [1.807, 2.05) is 48.5 Å². The number of hydrogen-bond acceptors (Lipinski definition) is 8. The van der Waals surface area contributed by atoms with Gasteiger partial charge in [0.2, 0.25) is 0 Å². The maximum Gasteiger partial charge on any atom is 0.413 e. The lowest BCUT2D eigenvalue weighted by atomic mass is 10.1. The van der Waals surface area contributed by atoms with Crippen LogP contribution in [0.2, 0.25) is 0 Å². The Morgan fingerprint density at radius 2 is 1.89 bits per heavy atom. The van der Waals surface area contributed by atoms with Gasteiger partial charge in [0, 0.05) is 57.2 Å². The molecule has 1 amide bonds. The molecule has 4 rings (SSSR count). The fourth-order valence-corrected chi connectivity index (χ4v) is 4.32. The zero-order chi connectivity index (χ0) is 26.0. The van der Waals surface area contributed by atoms with E-state index in [1.165, 1.54) is 17.4 Å². The smallest absolute Gasteiger partial charge is 0.413 e. The van der Waals surface area contributed by atoms with Gasteiger partial charge in [0.15, 0.2) is 11.5 Å². The Labute approximate surface area is 217 Å². The summed E-state index contributed by atoms with van der Waals surface area (Å²) in [7, 11) is 3.76. The highest BCUT2D eigenvalue weighted by Crippen LogP contribution is 2.32. The number of anilines is 2. The van der Waals surface area contributed by atoms with Gasteiger partial charge in [-0.25, -0.2) is 14.8 Å². The fraction of sp³-hybridized carbons (Fsp3) is 0.370. The van der Waals surface area contributed by atoms with Crippen molar-refractivity contribution in [1.29, 1.82) is 0 Å². The predicted octanol–water partition coefficient (Wildman–Crippen LogP) is 3.45. The largest absolute Gasteiger partial charge is 0.493 e. The molecule has 10 heteroatoms. The third kappa shape index (κ3) is 7.08. The second-order valence-corrected chi connectivity index (χ2v) is 8.89. The van der Waals surface area contributed by atoms with Gasteiger partial charge < -0.3 is 24.8 Å². The molecule has 0 radical (unpaired) electrons. The summed E-state index contributed by atoms with van der Waals surface area (Å²) < 4.78 is 11.6. The number of benzene rings is 2. The molecule has 37 heavy (non-hydrogen) atoms. The van der Waals surface area contributed by atoms with Crippen molar-refractivity contribution in [3.63, 3.8) is 0 Å². The maximum atomic E-state index is 12.3. The number of amides is 1. The minimum absolute atomic E-state index is 0.305. The van der Waals surface area contributed by atoms with Crippen LogP contribution in [0.3, 0.4) is 0 Å². The summed E-state index contributed by atoms with van der Waals surface area (Å²) in [5.74, 6) is 1.60. The third-order valence-corrected chi connectivity index (χ3v) is 6.44. The monoisotopic (exact) mass is 506 g/mol. The number of likely N-dealkylation sites (N-methyl/N-ethyl adjacent to an activating group) is 1. The van der Waals surface area contributed by atoms with Crippen LogP contribution in [0.4, 0.5) is 16.3 Å². The average molecular weight is 507 g/mol. The van der Waals surface area contributed by atoms with Crippen LogP contribution in [0.5, 0.6) is 11.5 Å². The van der Waals surface area contributed by atoms with Gasteiger partial charge in [-0.05, 0) is 30.8 Å². The van der Waals surface area contributed by atoms with Crippen molar-refractivity contribution in [2.45, 2.75) is 6.04 Å². The topological polar surface area (TPSA) is 103 Å². The van der Waals surface area contributed by atoms with E-state index in [9.17, 15) is 9.90 Å². The molecule has 2 aromatic carbocycles. The summed E-state index contributed by atoms with van der Waals surface area (Å²) in [6, 6.07) is 16.2. The number of carbonyl (C=O) groups is 1. The summed E-state index contributed by atoms with van der Waals surface area (Å²) in [5, 5.41) is 13.4. The molecule has 1 fully saturated rings. The molecule has 0 unspecified atom stereocenters. The molecule has 10 nitrogen and oxygen atoms in total. The zero-order valence-electron chi connectivity index (χ0n) is 21.3. The lowest BCUT2D eigenvalue weighted by Crippen LogP contribution is -2.45. The molecule has 0 spiro atoms. The highest BCUT2D eigenvalue weighted by Gasteiger charge is 2.27. The Bertz CT molecular complexity index is 1130. The van der Waals surface area contributed by atoms with E-state index in [0.717, 1.165) is 44.0 Å². The third-order valence-electron chi connectivity index (χ3n) is 6.44.